The maximum absolute atomic E-state index is 10.1. The summed E-state index contributed by atoms with van der Waals surface area (Å²) in [6.07, 6.45) is 6.21. The van der Waals surface area contributed by atoms with E-state index in [1.807, 2.05) is 0 Å². The monoisotopic (exact) mass is 331 g/mol. The van der Waals surface area contributed by atoms with E-state index in [0.29, 0.717) is 11.7 Å². The van der Waals surface area contributed by atoms with E-state index in [2.05, 4.69) is 22.3 Å². The topological polar surface area (TPSA) is 57.1 Å². The Balaban J connectivity index is 1.75. The highest BCUT2D eigenvalue weighted by Gasteiger charge is 2.35. The first-order chi connectivity index (χ1) is 10.7. The average Bonchev–Trinajstić information content (AvgIpc) is 2.56. The number of rotatable bonds is 7. The molecular formula is C16H30ClN3O2. The highest BCUT2D eigenvalue weighted by atomic mass is 35.5. The quantitative estimate of drug-likeness (QED) is 0.554. The van der Waals surface area contributed by atoms with Gasteiger partial charge in [0.15, 0.2) is 5.17 Å². The van der Waals surface area contributed by atoms with Crippen molar-refractivity contribution in [3.05, 3.63) is 0 Å². The molecule has 22 heavy (non-hydrogen) atoms. The Hall–Kier alpha value is -0.360. The Labute approximate surface area is 139 Å². The first-order valence-electron chi connectivity index (χ1n) is 8.63. The van der Waals surface area contributed by atoms with Crippen LogP contribution in [0.5, 0.6) is 0 Å². The number of aliphatic hydroxyl groups excluding tert-OH is 1. The fraction of sp³-hybridized carbons (Fsp3) is 0.938. The van der Waals surface area contributed by atoms with Gasteiger partial charge in [0, 0.05) is 12.0 Å². The van der Waals surface area contributed by atoms with Crippen LogP contribution in [0.1, 0.15) is 45.4 Å². The van der Waals surface area contributed by atoms with E-state index in [-0.39, 0.29) is 12.0 Å². The molecule has 0 aromatic rings. The van der Waals surface area contributed by atoms with E-state index in [9.17, 15) is 5.11 Å². The number of aliphatic hydroxyl groups is 1. The molecule has 6 heteroatoms. The Kier molecular flexibility index (Phi) is 7.41. The van der Waals surface area contributed by atoms with E-state index in [1.54, 1.807) is 0 Å². The lowest BCUT2D eigenvalue weighted by Crippen LogP contribution is -2.40. The zero-order valence-electron chi connectivity index (χ0n) is 13.7. The predicted octanol–water partition coefficient (Wildman–Crippen LogP) is 2.18. The molecule has 1 unspecified atom stereocenters. The van der Waals surface area contributed by atoms with Crippen molar-refractivity contribution in [1.29, 1.82) is 0 Å². The van der Waals surface area contributed by atoms with Crippen molar-refractivity contribution in [1.82, 2.24) is 10.2 Å². The van der Waals surface area contributed by atoms with Crippen molar-refractivity contribution in [3.63, 3.8) is 0 Å². The molecular weight excluding hydrogens is 302 g/mol. The summed E-state index contributed by atoms with van der Waals surface area (Å²) in [6, 6.07) is 0. The van der Waals surface area contributed by atoms with Gasteiger partial charge in [-0.2, -0.15) is 0 Å². The highest BCUT2D eigenvalue weighted by Crippen LogP contribution is 2.35. The van der Waals surface area contributed by atoms with Gasteiger partial charge < -0.3 is 20.2 Å². The lowest BCUT2D eigenvalue weighted by molar-refractivity contribution is 0.0149. The molecule has 1 atom stereocenters. The molecule has 0 aromatic carbocycles. The van der Waals surface area contributed by atoms with Crippen LogP contribution in [0.2, 0.25) is 0 Å². The molecule has 2 aliphatic rings. The number of halogens is 1. The largest absolute Gasteiger partial charge is 0.392 e. The fourth-order valence-corrected chi connectivity index (χ4v) is 3.75. The number of β-amino-alcohol motifs (C(OH)–C–C–N with tert-alkyl or cyclic N) is 1. The molecule has 2 N–H and O–H groups in total. The van der Waals surface area contributed by atoms with Crippen LogP contribution in [0.4, 0.5) is 0 Å². The van der Waals surface area contributed by atoms with Crippen LogP contribution in [-0.2, 0) is 4.84 Å². The Morgan fingerprint density at radius 2 is 2.00 bits per heavy atom. The van der Waals surface area contributed by atoms with Crippen molar-refractivity contribution in [2.45, 2.75) is 51.6 Å². The lowest BCUT2D eigenvalue weighted by Gasteiger charge is -2.35. The van der Waals surface area contributed by atoms with Crippen LogP contribution in [-0.4, -0.2) is 60.6 Å². The first kappa shape index (κ1) is 18.0. The van der Waals surface area contributed by atoms with E-state index < -0.39 is 6.10 Å². The third-order valence-corrected chi connectivity index (χ3v) is 5.47. The van der Waals surface area contributed by atoms with E-state index in [1.165, 1.54) is 19.3 Å². The second kappa shape index (κ2) is 9.06. The number of piperidine rings is 2. The predicted molar refractivity (Wildman–Crippen MR) is 90.4 cm³/mol. The molecule has 2 aliphatic heterocycles. The molecule has 2 fully saturated rings. The smallest absolute Gasteiger partial charge is 0.151 e. The van der Waals surface area contributed by atoms with Gasteiger partial charge in [-0.25, -0.2) is 0 Å². The molecule has 0 amide bonds. The molecule has 0 aliphatic carbocycles. The van der Waals surface area contributed by atoms with Gasteiger partial charge in [0.05, 0.1) is 0 Å². The summed E-state index contributed by atoms with van der Waals surface area (Å²) in [5.74, 6) is 0. The molecule has 128 valence electrons. The Morgan fingerprint density at radius 3 is 2.64 bits per heavy atom. The average molecular weight is 332 g/mol. The van der Waals surface area contributed by atoms with Crippen molar-refractivity contribution in [3.8, 4) is 0 Å². The third kappa shape index (κ3) is 5.08. The van der Waals surface area contributed by atoms with Gasteiger partial charge in [-0.15, -0.1) is 0 Å². The number of oxime groups is 1. The molecule has 2 heterocycles. The van der Waals surface area contributed by atoms with Crippen LogP contribution in [0.3, 0.4) is 0 Å². The number of hydrogen-bond donors (Lipinski definition) is 2. The first-order valence-corrected chi connectivity index (χ1v) is 9.01. The maximum atomic E-state index is 10.1. The third-order valence-electron chi connectivity index (χ3n) is 5.00. The second-order valence-corrected chi connectivity index (χ2v) is 6.93. The van der Waals surface area contributed by atoms with Gasteiger partial charge in [0.1, 0.15) is 12.7 Å². The molecule has 0 aromatic heterocycles. The fourth-order valence-electron chi connectivity index (χ4n) is 3.38. The van der Waals surface area contributed by atoms with Gasteiger partial charge in [-0.3, -0.25) is 0 Å². The summed E-state index contributed by atoms with van der Waals surface area (Å²) >= 11 is 6.40. The van der Waals surface area contributed by atoms with Crippen LogP contribution < -0.4 is 5.32 Å². The minimum Gasteiger partial charge on any atom is -0.392 e. The van der Waals surface area contributed by atoms with Crippen LogP contribution in [0.25, 0.3) is 0 Å². The zero-order valence-corrected chi connectivity index (χ0v) is 14.4. The molecule has 0 radical (unpaired) electrons. The van der Waals surface area contributed by atoms with Crippen molar-refractivity contribution >= 4 is 16.8 Å². The summed E-state index contributed by atoms with van der Waals surface area (Å²) in [6.45, 7) is 7.11. The van der Waals surface area contributed by atoms with Gasteiger partial charge in [0.2, 0.25) is 0 Å². The molecule has 0 spiro atoms. The molecule has 5 nitrogen and oxygen atoms in total. The number of likely N-dealkylation sites (tertiary alicyclic amines) is 1. The van der Waals surface area contributed by atoms with Crippen LogP contribution in [0, 0.1) is 5.41 Å². The van der Waals surface area contributed by atoms with Gasteiger partial charge in [-0.05, 0) is 58.3 Å². The van der Waals surface area contributed by atoms with Crippen LogP contribution in [0.15, 0.2) is 5.16 Å². The van der Waals surface area contributed by atoms with Gasteiger partial charge in [-0.1, -0.05) is 30.1 Å². The van der Waals surface area contributed by atoms with Crippen LogP contribution >= 0.6 is 11.6 Å². The normalized spacial score (nSPS) is 25.0. The molecule has 0 bridgehead atoms. The van der Waals surface area contributed by atoms with Crippen molar-refractivity contribution in [2.24, 2.45) is 10.6 Å². The molecule has 2 rings (SSSR count). The lowest BCUT2D eigenvalue weighted by atomic mass is 9.77. The van der Waals surface area contributed by atoms with E-state index >= 15 is 0 Å². The minimum atomic E-state index is -0.503. The molecule has 2 saturated heterocycles. The summed E-state index contributed by atoms with van der Waals surface area (Å²) < 4.78 is 0. The Morgan fingerprint density at radius 1 is 1.32 bits per heavy atom. The molecule has 0 saturated carbocycles. The summed E-state index contributed by atoms with van der Waals surface area (Å²) in [5, 5.41) is 18.1. The summed E-state index contributed by atoms with van der Waals surface area (Å²) in [7, 11) is 0. The van der Waals surface area contributed by atoms with Gasteiger partial charge in [0.25, 0.3) is 0 Å². The zero-order chi connectivity index (χ0) is 15.8. The van der Waals surface area contributed by atoms with E-state index in [0.717, 1.165) is 45.4 Å². The number of nitrogens with zero attached hydrogens (tertiary/aromatic N) is 2. The summed E-state index contributed by atoms with van der Waals surface area (Å²) in [5.41, 5.74) is -0.0510. The number of hydrogen-bond acceptors (Lipinski definition) is 5. The van der Waals surface area contributed by atoms with Crippen molar-refractivity contribution < 1.29 is 9.94 Å². The highest BCUT2D eigenvalue weighted by molar-refractivity contribution is 6.66. The van der Waals surface area contributed by atoms with Gasteiger partial charge >= 0.3 is 0 Å². The van der Waals surface area contributed by atoms with Crippen molar-refractivity contribution in [2.75, 3.05) is 39.3 Å². The van der Waals surface area contributed by atoms with E-state index in [4.69, 9.17) is 16.4 Å². The number of nitrogens with one attached hydrogen (secondary N) is 1. The second-order valence-electron chi connectivity index (χ2n) is 6.58. The SMILES string of the molecule is CCC1(/C(Cl)=N/OCC(O)CN2CCCCC2)CCNCC1. The minimum absolute atomic E-state index is 0.0510. The maximum Gasteiger partial charge on any atom is 0.151 e. The summed E-state index contributed by atoms with van der Waals surface area (Å²) in [4.78, 5) is 7.63. The Bertz CT molecular complexity index is 353. The standard InChI is InChI=1S/C16H30ClN3O2/c1-2-16(6-8-18-9-7-16)15(17)19-22-13-14(21)12-20-10-4-3-5-11-20/h14,18,21H,2-13H2,1H3/b19-15-.